The molecular weight excluding hydrogens is 384 g/mol. The average Bonchev–Trinajstić information content (AvgIpc) is 3.12. The topological polar surface area (TPSA) is 133 Å². The van der Waals surface area contributed by atoms with E-state index in [0.717, 1.165) is 15.9 Å². The van der Waals surface area contributed by atoms with Crippen molar-refractivity contribution in [3.05, 3.63) is 58.0 Å². The Morgan fingerprint density at radius 3 is 2.79 bits per heavy atom. The number of thiophene rings is 1. The minimum atomic E-state index is -1.14. The monoisotopic (exact) mass is 400 g/mol. The Morgan fingerprint density at radius 1 is 1.29 bits per heavy atom. The number of rotatable bonds is 6. The van der Waals surface area contributed by atoms with E-state index >= 15 is 0 Å². The maximum atomic E-state index is 12.4. The van der Waals surface area contributed by atoms with Crippen LogP contribution in [0.2, 0.25) is 0 Å². The van der Waals surface area contributed by atoms with Crippen LogP contribution in [0.4, 0.5) is 5.00 Å². The fourth-order valence-corrected chi connectivity index (χ4v) is 3.25. The van der Waals surface area contributed by atoms with Crippen LogP contribution in [0.25, 0.3) is 10.9 Å². The predicted molar refractivity (Wildman–Crippen MR) is 103 cm³/mol. The Labute approximate surface area is 162 Å². The Balaban J connectivity index is 1.65. The number of carbonyl (C=O) groups excluding carboxylic acids is 3. The second-order valence-corrected chi connectivity index (χ2v) is 6.76. The normalized spacial score (nSPS) is 11.8. The largest absolute Gasteiger partial charge is 0.451 e. The first-order valence-electron chi connectivity index (χ1n) is 8.18. The van der Waals surface area contributed by atoms with Crippen molar-refractivity contribution in [1.82, 2.24) is 9.55 Å². The van der Waals surface area contributed by atoms with Gasteiger partial charge in [-0.15, -0.1) is 11.3 Å². The number of nitrogens with two attached hydrogens (primary N) is 1. The number of para-hydroxylation sites is 1. The summed E-state index contributed by atoms with van der Waals surface area (Å²) in [6.07, 6.45) is 0.112. The number of amides is 2. The molecule has 0 spiro atoms. The fourth-order valence-electron chi connectivity index (χ4n) is 2.46. The van der Waals surface area contributed by atoms with E-state index in [0.29, 0.717) is 10.9 Å². The van der Waals surface area contributed by atoms with Crippen molar-refractivity contribution in [3.8, 4) is 0 Å². The molecule has 10 heteroatoms. The lowest BCUT2D eigenvalue weighted by Crippen LogP contribution is -2.33. The molecule has 0 saturated carbocycles. The minimum Gasteiger partial charge on any atom is -0.451 e. The van der Waals surface area contributed by atoms with Crippen molar-refractivity contribution in [2.75, 3.05) is 5.32 Å². The van der Waals surface area contributed by atoms with E-state index in [1.807, 2.05) is 0 Å². The third kappa shape index (κ3) is 4.07. The number of carbonyl (C=O) groups is 3. The van der Waals surface area contributed by atoms with Gasteiger partial charge in [-0.05, 0) is 30.5 Å². The van der Waals surface area contributed by atoms with Gasteiger partial charge in [0.25, 0.3) is 17.4 Å². The molecular formula is C18H16N4O5S. The summed E-state index contributed by atoms with van der Waals surface area (Å²) in [4.78, 5) is 52.1. The summed E-state index contributed by atoms with van der Waals surface area (Å²) in [5, 5.41) is 4.75. The molecule has 3 N–H and O–H groups in total. The molecule has 0 radical (unpaired) electrons. The van der Waals surface area contributed by atoms with Gasteiger partial charge in [0.2, 0.25) is 0 Å². The van der Waals surface area contributed by atoms with E-state index in [9.17, 15) is 19.2 Å². The molecule has 0 aliphatic rings. The number of esters is 1. The first-order valence-corrected chi connectivity index (χ1v) is 9.06. The smallest absolute Gasteiger partial charge is 0.326 e. The standard InChI is InChI=1S/C18H16N4O5S/c1-10(16(25)21-17-12(15(19)24)6-7-28-17)27-14(23)8-22-9-20-13-5-3-2-4-11(13)18(22)26/h2-7,9-10H,8H2,1H3,(H2,19,24)(H,21,25)/t10-/m1/s1. The van der Waals surface area contributed by atoms with Gasteiger partial charge < -0.3 is 15.8 Å². The molecule has 3 rings (SSSR count). The number of hydrogen-bond acceptors (Lipinski definition) is 7. The Bertz CT molecular complexity index is 1120. The number of nitrogens with zero attached hydrogens (tertiary/aromatic N) is 2. The molecule has 2 amide bonds. The number of hydrogen-bond donors (Lipinski definition) is 2. The Morgan fingerprint density at radius 2 is 2.04 bits per heavy atom. The van der Waals surface area contributed by atoms with Crippen LogP contribution >= 0.6 is 11.3 Å². The summed E-state index contributed by atoms with van der Waals surface area (Å²) in [5.41, 5.74) is 5.53. The Hall–Kier alpha value is -3.53. The molecule has 0 bridgehead atoms. The summed E-state index contributed by atoms with van der Waals surface area (Å²) in [7, 11) is 0. The van der Waals surface area contributed by atoms with Gasteiger partial charge in [-0.25, -0.2) is 4.98 Å². The zero-order valence-corrected chi connectivity index (χ0v) is 15.6. The molecule has 28 heavy (non-hydrogen) atoms. The van der Waals surface area contributed by atoms with Gasteiger partial charge in [-0.3, -0.25) is 23.7 Å². The molecule has 144 valence electrons. The van der Waals surface area contributed by atoms with Crippen LogP contribution in [0, 0.1) is 0 Å². The SMILES string of the molecule is C[C@@H](OC(=O)Cn1cnc2ccccc2c1=O)C(=O)Nc1sccc1C(N)=O. The molecule has 2 aromatic heterocycles. The summed E-state index contributed by atoms with van der Waals surface area (Å²) < 4.78 is 6.19. The maximum Gasteiger partial charge on any atom is 0.326 e. The summed E-state index contributed by atoms with van der Waals surface area (Å²) in [6, 6.07) is 8.24. The van der Waals surface area contributed by atoms with Gasteiger partial charge in [0, 0.05) is 0 Å². The fraction of sp³-hybridized carbons (Fsp3) is 0.167. The van der Waals surface area contributed by atoms with Crippen molar-refractivity contribution in [3.63, 3.8) is 0 Å². The molecule has 1 aromatic carbocycles. The third-order valence-corrected chi connectivity index (χ3v) is 4.71. The zero-order chi connectivity index (χ0) is 20.3. The van der Waals surface area contributed by atoms with E-state index in [1.54, 1.807) is 29.6 Å². The van der Waals surface area contributed by atoms with E-state index in [4.69, 9.17) is 10.5 Å². The molecule has 0 aliphatic carbocycles. The molecule has 0 saturated heterocycles. The number of fused-ring (bicyclic) bond motifs is 1. The zero-order valence-electron chi connectivity index (χ0n) is 14.7. The Kier molecular flexibility index (Phi) is 5.50. The second-order valence-electron chi connectivity index (χ2n) is 5.84. The van der Waals surface area contributed by atoms with Crippen LogP contribution < -0.4 is 16.6 Å². The van der Waals surface area contributed by atoms with Crippen molar-refractivity contribution < 1.29 is 19.1 Å². The second kappa shape index (κ2) is 8.01. The molecule has 9 nitrogen and oxygen atoms in total. The first-order chi connectivity index (χ1) is 13.4. The maximum absolute atomic E-state index is 12.4. The number of aromatic nitrogens is 2. The first kappa shape index (κ1) is 19.2. The third-order valence-electron chi connectivity index (χ3n) is 3.88. The summed E-state index contributed by atoms with van der Waals surface area (Å²) >= 11 is 1.12. The summed E-state index contributed by atoms with van der Waals surface area (Å²) in [5.74, 6) is -2.07. The van der Waals surface area contributed by atoms with Gasteiger partial charge >= 0.3 is 5.97 Å². The van der Waals surface area contributed by atoms with Gasteiger partial charge in [0.1, 0.15) is 11.5 Å². The molecule has 3 aromatic rings. The number of primary amides is 1. The highest BCUT2D eigenvalue weighted by Crippen LogP contribution is 2.23. The molecule has 0 unspecified atom stereocenters. The van der Waals surface area contributed by atoms with Crippen LogP contribution in [0.5, 0.6) is 0 Å². The van der Waals surface area contributed by atoms with Gasteiger partial charge in [-0.2, -0.15) is 0 Å². The van der Waals surface area contributed by atoms with Crippen molar-refractivity contribution in [2.45, 2.75) is 19.6 Å². The molecule has 0 aliphatic heterocycles. The van der Waals surface area contributed by atoms with Gasteiger partial charge in [0.05, 0.1) is 22.8 Å². The molecule has 2 heterocycles. The predicted octanol–water partition coefficient (Wildman–Crippen LogP) is 1.13. The molecule has 1 atom stereocenters. The minimum absolute atomic E-state index is 0.172. The molecule has 0 fully saturated rings. The number of nitrogens with one attached hydrogen (secondary N) is 1. The van der Waals surface area contributed by atoms with E-state index in [2.05, 4.69) is 10.3 Å². The van der Waals surface area contributed by atoms with E-state index in [1.165, 1.54) is 19.3 Å². The quantitative estimate of drug-likeness (QED) is 0.596. The number of ether oxygens (including phenoxy) is 1. The van der Waals surface area contributed by atoms with Crippen LogP contribution in [-0.4, -0.2) is 33.4 Å². The highest BCUT2D eigenvalue weighted by Gasteiger charge is 2.21. The van der Waals surface area contributed by atoms with E-state index in [-0.39, 0.29) is 22.7 Å². The lowest BCUT2D eigenvalue weighted by atomic mass is 10.2. The number of benzene rings is 1. The number of anilines is 1. The highest BCUT2D eigenvalue weighted by molar-refractivity contribution is 7.14. The van der Waals surface area contributed by atoms with Crippen LogP contribution in [0.1, 0.15) is 17.3 Å². The van der Waals surface area contributed by atoms with Crippen molar-refractivity contribution in [2.24, 2.45) is 5.73 Å². The van der Waals surface area contributed by atoms with Crippen LogP contribution in [0.15, 0.2) is 46.8 Å². The average molecular weight is 400 g/mol. The lowest BCUT2D eigenvalue weighted by molar-refractivity contribution is -0.153. The highest BCUT2D eigenvalue weighted by atomic mass is 32.1. The van der Waals surface area contributed by atoms with Crippen LogP contribution in [-0.2, 0) is 20.9 Å². The van der Waals surface area contributed by atoms with E-state index < -0.39 is 23.9 Å². The van der Waals surface area contributed by atoms with Crippen LogP contribution in [0.3, 0.4) is 0 Å². The summed E-state index contributed by atoms with van der Waals surface area (Å²) in [6.45, 7) is 0.992. The van der Waals surface area contributed by atoms with Gasteiger partial charge in [-0.1, -0.05) is 12.1 Å². The van der Waals surface area contributed by atoms with Crippen molar-refractivity contribution >= 4 is 45.0 Å². The van der Waals surface area contributed by atoms with Crippen molar-refractivity contribution in [1.29, 1.82) is 0 Å². The van der Waals surface area contributed by atoms with Gasteiger partial charge in [0.15, 0.2) is 6.10 Å². The lowest BCUT2D eigenvalue weighted by Gasteiger charge is -2.14.